The summed E-state index contributed by atoms with van der Waals surface area (Å²) in [4.78, 5) is 11.4. The Hall–Kier alpha value is -2.49. The maximum atomic E-state index is 12.9. The molecule has 0 atom stereocenters. The highest BCUT2D eigenvalue weighted by atomic mass is 19.3. The van der Waals surface area contributed by atoms with Gasteiger partial charge in [-0.25, -0.2) is 4.79 Å². The fourth-order valence-corrected chi connectivity index (χ4v) is 1.73. The van der Waals surface area contributed by atoms with E-state index >= 15 is 0 Å². The molecular weight excluding hydrogens is 308 g/mol. The highest BCUT2D eigenvalue weighted by Gasteiger charge is 2.43. The first-order valence-corrected chi connectivity index (χ1v) is 7.00. The quantitative estimate of drug-likeness (QED) is 0.670. The van der Waals surface area contributed by atoms with E-state index in [-0.39, 0.29) is 11.5 Å². The van der Waals surface area contributed by atoms with Gasteiger partial charge in [-0.2, -0.15) is 0 Å². The van der Waals surface area contributed by atoms with Crippen LogP contribution in [0, 0.1) is 11.8 Å². The number of ether oxygens (including phenoxy) is 3. The Labute approximate surface area is 132 Å². The number of alkyl carbamates (subject to hydrolysis) is 1. The fraction of sp³-hybridized carbons (Fsp3) is 0.438. The molecule has 23 heavy (non-hydrogen) atoms. The zero-order valence-electron chi connectivity index (χ0n) is 13.0. The van der Waals surface area contributed by atoms with E-state index in [2.05, 4.69) is 26.6 Å². The van der Waals surface area contributed by atoms with Gasteiger partial charge in [-0.05, 0) is 32.9 Å². The molecule has 0 saturated carbocycles. The van der Waals surface area contributed by atoms with Crippen molar-refractivity contribution in [2.75, 3.05) is 6.54 Å². The lowest BCUT2D eigenvalue weighted by Crippen LogP contribution is -2.32. The third-order valence-corrected chi connectivity index (χ3v) is 2.55. The average molecular weight is 325 g/mol. The van der Waals surface area contributed by atoms with Gasteiger partial charge < -0.3 is 19.5 Å². The van der Waals surface area contributed by atoms with E-state index in [4.69, 9.17) is 4.74 Å². The summed E-state index contributed by atoms with van der Waals surface area (Å²) in [5, 5.41) is 2.57. The first-order chi connectivity index (χ1) is 10.6. The monoisotopic (exact) mass is 325 g/mol. The van der Waals surface area contributed by atoms with E-state index < -0.39 is 18.0 Å². The second-order valence-electron chi connectivity index (χ2n) is 5.81. The Morgan fingerprint density at radius 3 is 2.70 bits per heavy atom. The third-order valence-electron chi connectivity index (χ3n) is 2.55. The van der Waals surface area contributed by atoms with Crippen molar-refractivity contribution in [3.8, 4) is 23.3 Å². The second-order valence-corrected chi connectivity index (χ2v) is 5.81. The van der Waals surface area contributed by atoms with Gasteiger partial charge in [-0.15, -0.1) is 8.78 Å². The number of rotatable bonds is 2. The normalized spacial score (nSPS) is 14.7. The Balaban J connectivity index is 1.81. The van der Waals surface area contributed by atoms with Gasteiger partial charge in [0.05, 0.1) is 0 Å². The minimum atomic E-state index is -3.63. The molecule has 0 aromatic heterocycles. The maximum Gasteiger partial charge on any atom is 0.586 e. The molecular formula is C16H17F2NO4. The summed E-state index contributed by atoms with van der Waals surface area (Å²) in [5.41, 5.74) is -0.0352. The molecule has 5 nitrogen and oxygen atoms in total. The Bertz CT molecular complexity index is 656. The third kappa shape index (κ3) is 5.33. The van der Waals surface area contributed by atoms with Crippen LogP contribution in [0.1, 0.15) is 32.8 Å². The van der Waals surface area contributed by atoms with Gasteiger partial charge in [0.1, 0.15) is 5.60 Å². The molecule has 1 aliphatic rings. The van der Waals surface area contributed by atoms with Crippen molar-refractivity contribution in [2.24, 2.45) is 0 Å². The summed E-state index contributed by atoms with van der Waals surface area (Å²) in [6, 6.07) is 4.31. The molecule has 0 spiro atoms. The van der Waals surface area contributed by atoms with E-state index in [0.29, 0.717) is 18.5 Å². The number of carbonyl (C=O) groups excluding carboxylic acids is 1. The zero-order chi connectivity index (χ0) is 17.1. The average Bonchev–Trinajstić information content (AvgIpc) is 2.69. The van der Waals surface area contributed by atoms with E-state index in [9.17, 15) is 13.6 Å². The summed E-state index contributed by atoms with van der Waals surface area (Å²) in [6.45, 7) is 5.64. The predicted octanol–water partition coefficient (Wildman–Crippen LogP) is 3.27. The van der Waals surface area contributed by atoms with Crippen molar-refractivity contribution >= 4 is 6.09 Å². The van der Waals surface area contributed by atoms with Crippen LogP contribution in [0.25, 0.3) is 0 Å². The highest BCUT2D eigenvalue weighted by Crippen LogP contribution is 2.40. The number of hydrogen-bond donors (Lipinski definition) is 1. The molecule has 0 bridgehead atoms. The molecule has 1 heterocycles. The van der Waals surface area contributed by atoms with Gasteiger partial charge >= 0.3 is 12.4 Å². The van der Waals surface area contributed by atoms with Crippen LogP contribution >= 0.6 is 0 Å². The number of benzene rings is 1. The van der Waals surface area contributed by atoms with Crippen molar-refractivity contribution in [1.82, 2.24) is 5.32 Å². The summed E-state index contributed by atoms with van der Waals surface area (Å²) < 4.78 is 39.5. The number of halogens is 2. The van der Waals surface area contributed by atoms with Crippen molar-refractivity contribution in [3.05, 3.63) is 23.8 Å². The van der Waals surface area contributed by atoms with Crippen LogP contribution in [0.3, 0.4) is 0 Å². The van der Waals surface area contributed by atoms with Crippen molar-refractivity contribution in [2.45, 2.75) is 39.1 Å². The molecule has 2 rings (SSSR count). The second kappa shape index (κ2) is 6.32. The Morgan fingerprint density at radius 2 is 2.00 bits per heavy atom. The zero-order valence-corrected chi connectivity index (χ0v) is 13.0. The molecule has 1 N–H and O–H groups in total. The lowest BCUT2D eigenvalue weighted by molar-refractivity contribution is -0.286. The largest absolute Gasteiger partial charge is 0.586 e. The summed E-state index contributed by atoms with van der Waals surface area (Å²) in [7, 11) is 0. The van der Waals surface area contributed by atoms with Crippen LogP contribution in [-0.4, -0.2) is 24.5 Å². The molecule has 0 unspecified atom stereocenters. The molecule has 0 saturated heterocycles. The molecule has 1 aliphatic heterocycles. The Morgan fingerprint density at radius 1 is 1.30 bits per heavy atom. The van der Waals surface area contributed by atoms with Crippen LogP contribution in [0.2, 0.25) is 0 Å². The molecule has 124 valence electrons. The van der Waals surface area contributed by atoms with Gasteiger partial charge in [0.2, 0.25) is 0 Å². The molecule has 0 fully saturated rings. The van der Waals surface area contributed by atoms with Crippen LogP contribution < -0.4 is 14.8 Å². The van der Waals surface area contributed by atoms with Crippen molar-refractivity contribution in [3.63, 3.8) is 0 Å². The first kappa shape index (κ1) is 16.9. The molecule has 7 heteroatoms. The molecule has 0 radical (unpaired) electrons. The molecule has 1 amide bonds. The molecule has 1 aromatic carbocycles. The number of alkyl halides is 2. The number of amides is 1. The number of carbonyl (C=O) groups is 1. The summed E-state index contributed by atoms with van der Waals surface area (Å²) in [6.07, 6.45) is -3.75. The highest BCUT2D eigenvalue weighted by molar-refractivity contribution is 5.67. The first-order valence-electron chi connectivity index (χ1n) is 7.00. The Kier molecular flexibility index (Phi) is 4.64. The van der Waals surface area contributed by atoms with E-state index in [1.165, 1.54) is 12.1 Å². The van der Waals surface area contributed by atoms with Gasteiger partial charge in [0.15, 0.2) is 11.5 Å². The van der Waals surface area contributed by atoms with Gasteiger partial charge in [0.25, 0.3) is 0 Å². The SMILES string of the molecule is CC(C)(C)OC(=O)NCCC#Cc1ccc2c(c1)OC(F)(F)O2. The lowest BCUT2D eigenvalue weighted by atomic mass is 10.2. The topological polar surface area (TPSA) is 56.8 Å². The summed E-state index contributed by atoms with van der Waals surface area (Å²) >= 11 is 0. The van der Waals surface area contributed by atoms with Crippen LogP contribution in [0.5, 0.6) is 11.5 Å². The minimum absolute atomic E-state index is 0.0212. The standard InChI is InChI=1S/C16H17F2NO4/c1-15(2,3)23-14(20)19-9-5-4-6-11-7-8-12-13(10-11)22-16(17,18)21-12/h7-8,10H,5,9H2,1-3H3,(H,19,20). The number of nitrogens with one attached hydrogen (secondary N) is 1. The number of hydrogen-bond acceptors (Lipinski definition) is 4. The van der Waals surface area contributed by atoms with E-state index in [1.807, 2.05) is 0 Å². The smallest absolute Gasteiger partial charge is 0.444 e. The molecule has 0 aliphatic carbocycles. The summed E-state index contributed by atoms with van der Waals surface area (Å²) in [5.74, 6) is 5.56. The van der Waals surface area contributed by atoms with Crippen molar-refractivity contribution in [1.29, 1.82) is 0 Å². The van der Waals surface area contributed by atoms with E-state index in [1.54, 1.807) is 26.8 Å². The van der Waals surface area contributed by atoms with Gasteiger partial charge in [-0.3, -0.25) is 0 Å². The van der Waals surface area contributed by atoms with E-state index in [0.717, 1.165) is 0 Å². The van der Waals surface area contributed by atoms with Crippen molar-refractivity contribution < 1.29 is 27.8 Å². The number of fused-ring (bicyclic) bond motifs is 1. The minimum Gasteiger partial charge on any atom is -0.444 e. The van der Waals surface area contributed by atoms with Crippen LogP contribution in [0.4, 0.5) is 13.6 Å². The van der Waals surface area contributed by atoms with Crippen LogP contribution in [-0.2, 0) is 4.74 Å². The van der Waals surface area contributed by atoms with Crippen LogP contribution in [0.15, 0.2) is 18.2 Å². The maximum absolute atomic E-state index is 12.9. The lowest BCUT2D eigenvalue weighted by Gasteiger charge is -2.19. The predicted molar refractivity (Wildman–Crippen MR) is 78.4 cm³/mol. The fourth-order valence-electron chi connectivity index (χ4n) is 1.73. The molecule has 1 aromatic rings. The van der Waals surface area contributed by atoms with Gasteiger partial charge in [0, 0.05) is 24.6 Å². The van der Waals surface area contributed by atoms with Gasteiger partial charge in [-0.1, -0.05) is 11.8 Å².